The van der Waals surface area contributed by atoms with E-state index in [9.17, 15) is 0 Å². The van der Waals surface area contributed by atoms with Crippen LogP contribution in [-0.4, -0.2) is 64.9 Å². The average Bonchev–Trinajstić information content (AvgIpc) is 3.36. The summed E-state index contributed by atoms with van der Waals surface area (Å²) in [6.07, 6.45) is 2.00. The van der Waals surface area contributed by atoms with Gasteiger partial charge < -0.3 is 9.64 Å². The fourth-order valence-electron chi connectivity index (χ4n) is 4.07. The van der Waals surface area contributed by atoms with E-state index in [1.807, 2.05) is 35.0 Å². The standard InChI is InChI=1S/C19H22ClN5OS/c1-13-10-24(12-17(13)23-6-8-26-9-7-23)19-22-25-11-16(21-18(25)27-19)14-2-4-15(20)5-3-14/h2-5,11,13,17H,6-10,12H2,1H3. The fourth-order valence-corrected chi connectivity index (χ4v) is 5.09. The van der Waals surface area contributed by atoms with Crippen LogP contribution in [0.2, 0.25) is 5.02 Å². The third-order valence-corrected chi connectivity index (χ3v) is 6.77. The van der Waals surface area contributed by atoms with E-state index in [1.54, 1.807) is 11.3 Å². The molecule has 0 bridgehead atoms. The van der Waals surface area contributed by atoms with Gasteiger partial charge in [-0.1, -0.05) is 42.0 Å². The van der Waals surface area contributed by atoms with Crippen molar-refractivity contribution in [2.75, 3.05) is 44.3 Å². The zero-order valence-electron chi connectivity index (χ0n) is 15.2. The molecule has 2 unspecified atom stereocenters. The van der Waals surface area contributed by atoms with E-state index in [0.717, 1.165) is 65.8 Å². The maximum Gasteiger partial charge on any atom is 0.214 e. The SMILES string of the molecule is CC1CN(c2nn3cc(-c4ccc(Cl)cc4)nc3s2)CC1N1CCOCC1. The molecule has 142 valence electrons. The molecule has 2 aliphatic rings. The smallest absolute Gasteiger partial charge is 0.214 e. The van der Waals surface area contributed by atoms with E-state index < -0.39 is 0 Å². The van der Waals surface area contributed by atoms with Crippen LogP contribution in [0.4, 0.5) is 5.13 Å². The highest BCUT2D eigenvalue weighted by Crippen LogP contribution is 2.32. The molecule has 0 aliphatic carbocycles. The van der Waals surface area contributed by atoms with Crippen molar-refractivity contribution in [3.05, 3.63) is 35.5 Å². The first-order valence-electron chi connectivity index (χ1n) is 9.36. The van der Waals surface area contributed by atoms with Crippen molar-refractivity contribution >= 4 is 33.0 Å². The number of ether oxygens (including phenoxy) is 1. The van der Waals surface area contributed by atoms with Gasteiger partial charge in [0.05, 0.1) is 25.1 Å². The molecule has 5 rings (SSSR count). The quantitative estimate of drug-likeness (QED) is 0.671. The number of halogens is 1. The summed E-state index contributed by atoms with van der Waals surface area (Å²) in [4.78, 5) is 10.7. The largest absolute Gasteiger partial charge is 0.379 e. The molecule has 0 radical (unpaired) electrons. The minimum atomic E-state index is 0.578. The van der Waals surface area contributed by atoms with Crippen LogP contribution in [0.15, 0.2) is 30.5 Å². The monoisotopic (exact) mass is 403 g/mol. The molecule has 4 heterocycles. The first kappa shape index (κ1) is 17.4. The minimum absolute atomic E-state index is 0.578. The number of imidazole rings is 1. The van der Waals surface area contributed by atoms with Gasteiger partial charge in [0.15, 0.2) is 0 Å². The van der Waals surface area contributed by atoms with Crippen molar-refractivity contribution < 1.29 is 4.74 Å². The number of fused-ring (bicyclic) bond motifs is 1. The normalized spacial score (nSPS) is 24.1. The number of aromatic nitrogens is 3. The second-order valence-corrected chi connectivity index (χ2v) is 8.71. The topological polar surface area (TPSA) is 45.9 Å². The summed E-state index contributed by atoms with van der Waals surface area (Å²) in [6.45, 7) is 8.19. The van der Waals surface area contributed by atoms with Gasteiger partial charge in [-0.3, -0.25) is 4.90 Å². The van der Waals surface area contributed by atoms with Gasteiger partial charge in [-0.05, 0) is 18.1 Å². The van der Waals surface area contributed by atoms with Crippen LogP contribution in [0.5, 0.6) is 0 Å². The van der Waals surface area contributed by atoms with Gasteiger partial charge in [-0.25, -0.2) is 9.50 Å². The van der Waals surface area contributed by atoms with Gasteiger partial charge >= 0.3 is 0 Å². The molecule has 6 nitrogen and oxygen atoms in total. The second-order valence-electron chi connectivity index (χ2n) is 7.34. The number of morpholine rings is 1. The molecular weight excluding hydrogens is 382 g/mol. The summed E-state index contributed by atoms with van der Waals surface area (Å²) < 4.78 is 7.40. The predicted octanol–water partition coefficient (Wildman–Crippen LogP) is 3.27. The predicted molar refractivity (Wildman–Crippen MR) is 109 cm³/mol. The van der Waals surface area contributed by atoms with Crippen molar-refractivity contribution in [2.24, 2.45) is 5.92 Å². The lowest BCUT2D eigenvalue weighted by Crippen LogP contribution is -2.46. The molecule has 3 aromatic rings. The maximum absolute atomic E-state index is 5.98. The summed E-state index contributed by atoms with van der Waals surface area (Å²) in [5, 5.41) is 6.59. The van der Waals surface area contributed by atoms with E-state index in [1.165, 1.54) is 0 Å². The van der Waals surface area contributed by atoms with Crippen molar-refractivity contribution in [3.63, 3.8) is 0 Å². The molecule has 2 aromatic heterocycles. The summed E-state index contributed by atoms with van der Waals surface area (Å²) in [5.74, 6) is 0.629. The van der Waals surface area contributed by atoms with Crippen molar-refractivity contribution in [3.8, 4) is 11.3 Å². The second kappa shape index (κ2) is 7.05. The molecule has 2 aliphatic heterocycles. The molecule has 1 aromatic carbocycles. The van der Waals surface area contributed by atoms with E-state index in [4.69, 9.17) is 26.4 Å². The highest BCUT2D eigenvalue weighted by molar-refractivity contribution is 7.20. The van der Waals surface area contributed by atoms with Crippen LogP contribution in [0, 0.1) is 5.92 Å². The molecule has 8 heteroatoms. The lowest BCUT2D eigenvalue weighted by atomic mass is 10.0. The number of anilines is 1. The number of hydrogen-bond acceptors (Lipinski definition) is 6. The van der Waals surface area contributed by atoms with Gasteiger partial charge in [0.1, 0.15) is 0 Å². The summed E-state index contributed by atoms with van der Waals surface area (Å²) in [5.41, 5.74) is 1.98. The zero-order valence-corrected chi connectivity index (χ0v) is 16.8. The number of hydrogen-bond donors (Lipinski definition) is 0. The first-order valence-corrected chi connectivity index (χ1v) is 10.6. The third kappa shape index (κ3) is 3.33. The van der Waals surface area contributed by atoms with Crippen LogP contribution in [-0.2, 0) is 4.74 Å². The van der Waals surface area contributed by atoms with Crippen molar-refractivity contribution in [2.45, 2.75) is 13.0 Å². The highest BCUT2D eigenvalue weighted by atomic mass is 35.5. The Morgan fingerprint density at radius 1 is 1.15 bits per heavy atom. The van der Waals surface area contributed by atoms with Gasteiger partial charge in [-0.2, -0.15) is 0 Å². The molecule has 0 spiro atoms. The Bertz CT molecular complexity index is 902. The van der Waals surface area contributed by atoms with Crippen LogP contribution >= 0.6 is 22.9 Å². The summed E-state index contributed by atoms with van der Waals surface area (Å²) in [6, 6.07) is 8.34. The van der Waals surface area contributed by atoms with Gasteiger partial charge in [-0.15, -0.1) is 5.10 Å². The number of nitrogens with zero attached hydrogens (tertiary/aromatic N) is 5. The van der Waals surface area contributed by atoms with Crippen molar-refractivity contribution in [1.29, 1.82) is 0 Å². The molecule has 27 heavy (non-hydrogen) atoms. The Hall–Kier alpha value is -1.67. The summed E-state index contributed by atoms with van der Waals surface area (Å²) >= 11 is 7.64. The zero-order chi connectivity index (χ0) is 18.4. The van der Waals surface area contributed by atoms with E-state index in [0.29, 0.717) is 12.0 Å². The van der Waals surface area contributed by atoms with Gasteiger partial charge in [0, 0.05) is 42.8 Å². The lowest BCUT2D eigenvalue weighted by molar-refractivity contribution is 0.0134. The Morgan fingerprint density at radius 3 is 2.67 bits per heavy atom. The molecule has 0 saturated carbocycles. The average molecular weight is 404 g/mol. The van der Waals surface area contributed by atoms with E-state index >= 15 is 0 Å². The van der Waals surface area contributed by atoms with Crippen LogP contribution in [0.25, 0.3) is 16.2 Å². The lowest BCUT2D eigenvalue weighted by Gasteiger charge is -2.33. The number of benzene rings is 1. The summed E-state index contributed by atoms with van der Waals surface area (Å²) in [7, 11) is 0. The third-order valence-electron chi connectivity index (χ3n) is 5.53. The van der Waals surface area contributed by atoms with Crippen LogP contribution in [0.1, 0.15) is 6.92 Å². The van der Waals surface area contributed by atoms with Crippen molar-refractivity contribution in [1.82, 2.24) is 19.5 Å². The van der Waals surface area contributed by atoms with Crippen LogP contribution in [0.3, 0.4) is 0 Å². The van der Waals surface area contributed by atoms with Crippen LogP contribution < -0.4 is 4.90 Å². The molecule has 0 N–H and O–H groups in total. The Morgan fingerprint density at radius 2 is 1.93 bits per heavy atom. The first-order chi connectivity index (χ1) is 13.2. The van der Waals surface area contributed by atoms with E-state index in [2.05, 4.69) is 16.7 Å². The molecular formula is C19H22ClN5OS. The van der Waals surface area contributed by atoms with E-state index in [-0.39, 0.29) is 0 Å². The maximum atomic E-state index is 5.98. The molecule has 2 saturated heterocycles. The molecule has 2 fully saturated rings. The Balaban J connectivity index is 1.35. The molecule has 0 amide bonds. The highest BCUT2D eigenvalue weighted by Gasteiger charge is 2.36. The number of rotatable bonds is 3. The minimum Gasteiger partial charge on any atom is -0.379 e. The Kier molecular flexibility index (Phi) is 4.55. The van der Waals surface area contributed by atoms with Gasteiger partial charge in [0.25, 0.3) is 0 Å². The molecule has 2 atom stereocenters. The Labute approximate surface area is 167 Å². The fraction of sp³-hybridized carbons (Fsp3) is 0.474. The van der Waals surface area contributed by atoms with Gasteiger partial charge in [0.2, 0.25) is 10.1 Å².